The third kappa shape index (κ3) is 2.64. The van der Waals surface area contributed by atoms with Crippen LogP contribution < -0.4 is 5.32 Å². The Bertz CT molecular complexity index is 572. The minimum atomic E-state index is 0.187. The molecule has 2 saturated carbocycles. The molecule has 1 N–H and O–H groups in total. The Morgan fingerprint density at radius 3 is 2.65 bits per heavy atom. The first kappa shape index (κ1) is 15.3. The Hall–Kier alpha value is -1.19. The number of rotatable bonds is 3. The van der Waals surface area contributed by atoms with E-state index in [1.54, 1.807) is 0 Å². The average Bonchev–Trinajstić information content (AvgIpc) is 3.37. The first-order valence-electron chi connectivity index (χ1n) is 9.12. The summed E-state index contributed by atoms with van der Waals surface area (Å²) in [7, 11) is 2.05. The quantitative estimate of drug-likeness (QED) is 0.688. The van der Waals surface area contributed by atoms with Crippen LogP contribution in [0.15, 0.2) is 30.3 Å². The molecule has 23 heavy (non-hydrogen) atoms. The highest BCUT2D eigenvalue weighted by Gasteiger charge is 2.56. The number of Topliss-reactive ketones (excluding diaryl/α,β-unsaturated/α-hetero) is 1. The lowest BCUT2D eigenvalue weighted by Crippen LogP contribution is -2.46. The van der Waals surface area contributed by atoms with Crippen LogP contribution in [0.25, 0.3) is 0 Å². The number of hydrogen-bond acceptors (Lipinski definition) is 3. The van der Waals surface area contributed by atoms with Crippen molar-refractivity contribution < 1.29 is 9.53 Å². The number of likely N-dealkylation sites (N-methyl/N-ethyl adjacent to an activating group) is 1. The lowest BCUT2D eigenvalue weighted by molar-refractivity contribution is 0.0582. The third-order valence-electron chi connectivity index (χ3n) is 6.43. The van der Waals surface area contributed by atoms with Gasteiger partial charge in [-0.2, -0.15) is 0 Å². The molecular formula is C20H27NO2. The molecule has 3 heteroatoms. The number of epoxide rings is 1. The van der Waals surface area contributed by atoms with Gasteiger partial charge in [0.15, 0.2) is 5.78 Å². The van der Waals surface area contributed by atoms with Gasteiger partial charge < -0.3 is 10.1 Å². The number of hydrogen-bond donors (Lipinski definition) is 1. The van der Waals surface area contributed by atoms with Crippen LogP contribution in [0.1, 0.15) is 43.0 Å². The van der Waals surface area contributed by atoms with Gasteiger partial charge in [0.25, 0.3) is 0 Å². The molecule has 0 amide bonds. The molecule has 7 atom stereocenters. The summed E-state index contributed by atoms with van der Waals surface area (Å²) in [6.45, 7) is 2.30. The number of fused-ring (bicyclic) bond motifs is 2. The van der Waals surface area contributed by atoms with Crippen molar-refractivity contribution in [3.8, 4) is 0 Å². The SMILES string of the molecule is CNC1C2CCCC(C(=O)c3ccccc3)C2CC(C)C2OC12. The summed E-state index contributed by atoms with van der Waals surface area (Å²) in [5.74, 6) is 2.19. The Morgan fingerprint density at radius 1 is 1.13 bits per heavy atom. The van der Waals surface area contributed by atoms with Crippen molar-refractivity contribution in [1.82, 2.24) is 5.32 Å². The molecule has 1 aromatic carbocycles. The molecule has 7 unspecified atom stereocenters. The molecular weight excluding hydrogens is 286 g/mol. The van der Waals surface area contributed by atoms with Crippen molar-refractivity contribution in [1.29, 1.82) is 0 Å². The van der Waals surface area contributed by atoms with E-state index < -0.39 is 0 Å². The molecule has 0 bridgehead atoms. The third-order valence-corrected chi connectivity index (χ3v) is 6.43. The Balaban J connectivity index is 1.62. The molecule has 1 aliphatic heterocycles. The second-order valence-electron chi connectivity index (χ2n) is 7.69. The molecule has 1 heterocycles. The average molecular weight is 313 g/mol. The summed E-state index contributed by atoms with van der Waals surface area (Å²) in [5, 5.41) is 3.52. The summed E-state index contributed by atoms with van der Waals surface area (Å²) < 4.78 is 5.96. The predicted molar refractivity (Wildman–Crippen MR) is 90.4 cm³/mol. The van der Waals surface area contributed by atoms with Gasteiger partial charge in [-0.15, -0.1) is 0 Å². The van der Waals surface area contributed by atoms with E-state index in [2.05, 4.69) is 19.3 Å². The largest absolute Gasteiger partial charge is 0.368 e. The summed E-state index contributed by atoms with van der Waals surface area (Å²) >= 11 is 0. The summed E-state index contributed by atoms with van der Waals surface area (Å²) in [5.41, 5.74) is 0.887. The smallest absolute Gasteiger partial charge is 0.166 e. The van der Waals surface area contributed by atoms with Gasteiger partial charge in [0.2, 0.25) is 0 Å². The molecule has 3 nitrogen and oxygen atoms in total. The van der Waals surface area contributed by atoms with Gasteiger partial charge in [-0.25, -0.2) is 0 Å². The van der Waals surface area contributed by atoms with Crippen LogP contribution >= 0.6 is 0 Å². The number of ether oxygens (including phenoxy) is 1. The van der Waals surface area contributed by atoms with Gasteiger partial charge in [0.1, 0.15) is 0 Å². The highest BCUT2D eigenvalue weighted by molar-refractivity contribution is 5.98. The fraction of sp³-hybridized carbons (Fsp3) is 0.650. The molecule has 3 aliphatic rings. The molecule has 2 aliphatic carbocycles. The van der Waals surface area contributed by atoms with Crippen molar-refractivity contribution in [3.05, 3.63) is 35.9 Å². The van der Waals surface area contributed by atoms with E-state index in [0.29, 0.717) is 41.8 Å². The Labute approximate surface area is 138 Å². The van der Waals surface area contributed by atoms with Crippen LogP contribution in [0.2, 0.25) is 0 Å². The predicted octanol–water partition coefficient (Wildman–Crippen LogP) is 3.30. The first-order valence-corrected chi connectivity index (χ1v) is 9.12. The van der Waals surface area contributed by atoms with Gasteiger partial charge in [0, 0.05) is 17.5 Å². The van der Waals surface area contributed by atoms with Gasteiger partial charge in [0.05, 0.1) is 12.2 Å². The van der Waals surface area contributed by atoms with Crippen LogP contribution in [0.5, 0.6) is 0 Å². The lowest BCUT2D eigenvalue weighted by atomic mass is 9.65. The van der Waals surface area contributed by atoms with Crippen molar-refractivity contribution in [3.63, 3.8) is 0 Å². The molecule has 0 spiro atoms. The second-order valence-corrected chi connectivity index (χ2v) is 7.69. The van der Waals surface area contributed by atoms with Gasteiger partial charge >= 0.3 is 0 Å². The van der Waals surface area contributed by atoms with Crippen LogP contribution in [-0.4, -0.2) is 31.1 Å². The maximum absolute atomic E-state index is 13.1. The molecule has 0 aromatic heterocycles. The molecule has 1 saturated heterocycles. The summed E-state index contributed by atoms with van der Waals surface area (Å²) in [6.07, 6.45) is 5.35. The number of nitrogens with one attached hydrogen (secondary N) is 1. The number of ketones is 1. The Morgan fingerprint density at radius 2 is 1.91 bits per heavy atom. The van der Waals surface area contributed by atoms with Crippen molar-refractivity contribution in [2.24, 2.45) is 23.7 Å². The molecule has 4 rings (SSSR count). The van der Waals surface area contributed by atoms with Crippen molar-refractivity contribution >= 4 is 5.78 Å². The maximum atomic E-state index is 13.1. The fourth-order valence-electron chi connectivity index (χ4n) is 5.30. The monoisotopic (exact) mass is 313 g/mol. The van der Waals surface area contributed by atoms with Gasteiger partial charge in [-0.1, -0.05) is 43.7 Å². The molecule has 124 valence electrons. The topological polar surface area (TPSA) is 41.6 Å². The second kappa shape index (κ2) is 6.03. The number of benzene rings is 1. The van der Waals surface area contributed by atoms with E-state index in [1.165, 1.54) is 6.42 Å². The molecule has 0 radical (unpaired) electrons. The zero-order valence-electron chi connectivity index (χ0n) is 14.1. The lowest BCUT2D eigenvalue weighted by Gasteiger charge is -2.41. The summed E-state index contributed by atoms with van der Waals surface area (Å²) in [6, 6.07) is 10.3. The van der Waals surface area contributed by atoms with E-state index in [9.17, 15) is 4.79 Å². The van der Waals surface area contributed by atoms with Crippen molar-refractivity contribution in [2.45, 2.75) is 50.9 Å². The molecule has 3 fully saturated rings. The van der Waals surface area contributed by atoms with E-state index >= 15 is 0 Å². The Kier molecular flexibility index (Phi) is 4.02. The van der Waals surface area contributed by atoms with Crippen LogP contribution in [-0.2, 0) is 4.74 Å². The van der Waals surface area contributed by atoms with Crippen molar-refractivity contribution in [2.75, 3.05) is 7.05 Å². The fourth-order valence-corrected chi connectivity index (χ4v) is 5.30. The normalized spacial score (nSPS) is 42.3. The highest BCUT2D eigenvalue weighted by Crippen LogP contribution is 2.50. The van der Waals surface area contributed by atoms with E-state index in [1.807, 2.05) is 30.3 Å². The van der Waals surface area contributed by atoms with Gasteiger partial charge in [-0.05, 0) is 44.1 Å². The minimum absolute atomic E-state index is 0.187. The van der Waals surface area contributed by atoms with E-state index in [4.69, 9.17) is 4.74 Å². The zero-order valence-corrected chi connectivity index (χ0v) is 14.1. The highest BCUT2D eigenvalue weighted by atomic mass is 16.6. The number of carbonyl (C=O) groups is 1. The maximum Gasteiger partial charge on any atom is 0.166 e. The van der Waals surface area contributed by atoms with E-state index in [0.717, 1.165) is 24.8 Å². The van der Waals surface area contributed by atoms with E-state index in [-0.39, 0.29) is 5.92 Å². The minimum Gasteiger partial charge on any atom is -0.368 e. The molecule has 1 aromatic rings. The van der Waals surface area contributed by atoms with Gasteiger partial charge in [-0.3, -0.25) is 4.79 Å². The van der Waals surface area contributed by atoms with Crippen LogP contribution in [0.4, 0.5) is 0 Å². The number of carbonyl (C=O) groups excluding carboxylic acids is 1. The van der Waals surface area contributed by atoms with Crippen LogP contribution in [0, 0.1) is 23.7 Å². The standard InChI is InChI=1S/C20H27NO2/c1-12-11-16-14(17(21-2)20-19(12)23-20)9-6-10-15(16)18(22)13-7-4-3-5-8-13/h3-5,7-8,12,14-17,19-21H,6,9-11H2,1-2H3. The first-order chi connectivity index (χ1) is 11.2. The van der Waals surface area contributed by atoms with Crippen LogP contribution in [0.3, 0.4) is 0 Å². The zero-order chi connectivity index (χ0) is 16.0. The summed E-state index contributed by atoms with van der Waals surface area (Å²) in [4.78, 5) is 13.1.